The highest BCUT2D eigenvalue weighted by atomic mass is 19.1. The summed E-state index contributed by atoms with van der Waals surface area (Å²) < 4.78 is 14.7. The van der Waals surface area contributed by atoms with Crippen LogP contribution in [-0.4, -0.2) is 20.6 Å². The fourth-order valence-corrected chi connectivity index (χ4v) is 1.82. The first-order valence-corrected chi connectivity index (χ1v) is 5.20. The number of fused-ring (bicyclic) bond motifs is 1. The summed E-state index contributed by atoms with van der Waals surface area (Å²) in [4.78, 5) is 15.5. The van der Waals surface area contributed by atoms with E-state index in [0.29, 0.717) is 16.9 Å². The number of benzene rings is 1. The van der Waals surface area contributed by atoms with Crippen molar-refractivity contribution in [3.05, 3.63) is 29.8 Å². The Kier molecular flexibility index (Phi) is 2.41. The highest BCUT2D eigenvalue weighted by molar-refractivity contribution is 5.82. The predicted molar refractivity (Wildman–Crippen MR) is 61.3 cm³/mol. The number of aliphatic carboxylic acids is 1. The lowest BCUT2D eigenvalue weighted by atomic mass is 9.93. The zero-order valence-corrected chi connectivity index (χ0v) is 9.86. The molecule has 4 nitrogen and oxygen atoms in total. The highest BCUT2D eigenvalue weighted by Gasteiger charge is 2.34. The quantitative estimate of drug-likeness (QED) is 0.868. The van der Waals surface area contributed by atoms with E-state index >= 15 is 0 Å². The molecule has 1 N–H and O–H groups in total. The Labute approximate surface area is 97.7 Å². The van der Waals surface area contributed by atoms with Gasteiger partial charge in [0.1, 0.15) is 17.1 Å². The van der Waals surface area contributed by atoms with Crippen LogP contribution >= 0.6 is 0 Å². The third kappa shape index (κ3) is 1.67. The van der Waals surface area contributed by atoms with Crippen LogP contribution in [0.1, 0.15) is 19.7 Å². The summed E-state index contributed by atoms with van der Waals surface area (Å²) in [6.45, 7) is 3.15. The Morgan fingerprint density at radius 2 is 2.12 bits per heavy atom. The number of carboxylic acid groups (broad SMARTS) is 1. The Hall–Kier alpha value is -1.91. The molecular formula is C12H13FN2O2. The molecule has 1 aromatic heterocycles. The number of halogens is 1. The summed E-state index contributed by atoms with van der Waals surface area (Å²) >= 11 is 0. The van der Waals surface area contributed by atoms with Crippen molar-refractivity contribution < 1.29 is 14.3 Å². The number of aryl methyl sites for hydroxylation is 1. The zero-order valence-electron chi connectivity index (χ0n) is 9.86. The number of hydrogen-bond acceptors (Lipinski definition) is 2. The molecule has 0 aliphatic carbocycles. The second-order valence-electron chi connectivity index (χ2n) is 4.56. The molecule has 1 heterocycles. The number of rotatable bonds is 2. The third-order valence-corrected chi connectivity index (χ3v) is 2.94. The van der Waals surface area contributed by atoms with E-state index in [9.17, 15) is 14.3 Å². The Bertz CT molecular complexity index is 602. The van der Waals surface area contributed by atoms with Crippen LogP contribution in [0.5, 0.6) is 0 Å². The van der Waals surface area contributed by atoms with Gasteiger partial charge in [-0.05, 0) is 32.0 Å². The van der Waals surface area contributed by atoms with Crippen molar-refractivity contribution in [2.45, 2.75) is 19.3 Å². The number of hydrogen-bond donors (Lipinski definition) is 1. The first-order chi connectivity index (χ1) is 7.84. The van der Waals surface area contributed by atoms with Gasteiger partial charge in [0.25, 0.3) is 0 Å². The molecule has 0 aliphatic heterocycles. The van der Waals surface area contributed by atoms with Crippen LogP contribution in [0.3, 0.4) is 0 Å². The maximum atomic E-state index is 13.1. The van der Waals surface area contributed by atoms with Crippen LogP contribution in [0.2, 0.25) is 0 Å². The Balaban J connectivity index is 2.72. The smallest absolute Gasteiger partial charge is 0.316 e. The molecule has 1 aromatic carbocycles. The van der Waals surface area contributed by atoms with Crippen molar-refractivity contribution in [2.24, 2.45) is 7.05 Å². The number of nitrogens with zero attached hydrogens (tertiary/aromatic N) is 2. The highest BCUT2D eigenvalue weighted by Crippen LogP contribution is 2.26. The molecule has 0 radical (unpaired) electrons. The standard InChI is InChI=1S/C12H13FN2O2/c1-12(2,11(16)17)10-14-8-5-4-7(13)6-9(8)15(10)3/h4-6H,1-3H3,(H,16,17). The molecule has 90 valence electrons. The monoisotopic (exact) mass is 236 g/mol. The topological polar surface area (TPSA) is 55.1 Å². The van der Waals surface area contributed by atoms with Gasteiger partial charge in [-0.3, -0.25) is 4.79 Å². The van der Waals surface area contributed by atoms with Crippen molar-refractivity contribution in [2.75, 3.05) is 0 Å². The lowest BCUT2D eigenvalue weighted by Gasteiger charge is -2.18. The Morgan fingerprint density at radius 1 is 1.47 bits per heavy atom. The summed E-state index contributed by atoms with van der Waals surface area (Å²) in [5.41, 5.74) is 0.0806. The number of carbonyl (C=O) groups is 1. The molecule has 17 heavy (non-hydrogen) atoms. The van der Waals surface area contributed by atoms with Crippen LogP contribution in [-0.2, 0) is 17.3 Å². The largest absolute Gasteiger partial charge is 0.481 e. The van der Waals surface area contributed by atoms with E-state index in [4.69, 9.17) is 0 Å². The lowest BCUT2D eigenvalue weighted by molar-refractivity contribution is -0.142. The van der Waals surface area contributed by atoms with E-state index in [0.717, 1.165) is 0 Å². The van der Waals surface area contributed by atoms with E-state index in [2.05, 4.69) is 4.98 Å². The minimum Gasteiger partial charge on any atom is -0.481 e. The van der Waals surface area contributed by atoms with Gasteiger partial charge in [0, 0.05) is 7.05 Å². The predicted octanol–water partition coefficient (Wildman–Crippen LogP) is 2.07. The number of imidazole rings is 1. The summed E-state index contributed by atoms with van der Waals surface area (Å²) in [7, 11) is 1.69. The van der Waals surface area contributed by atoms with Gasteiger partial charge < -0.3 is 9.67 Å². The molecule has 0 bridgehead atoms. The fraction of sp³-hybridized carbons (Fsp3) is 0.333. The van der Waals surface area contributed by atoms with Crippen molar-refractivity contribution in [3.63, 3.8) is 0 Å². The zero-order chi connectivity index (χ0) is 12.8. The average Bonchev–Trinajstić information content (AvgIpc) is 2.56. The molecule has 2 aromatic rings. The van der Waals surface area contributed by atoms with E-state index < -0.39 is 11.4 Å². The molecule has 0 saturated heterocycles. The second kappa shape index (κ2) is 3.55. The maximum Gasteiger partial charge on any atom is 0.316 e. The van der Waals surface area contributed by atoms with Gasteiger partial charge in [-0.25, -0.2) is 9.37 Å². The average molecular weight is 236 g/mol. The SMILES string of the molecule is Cn1c(C(C)(C)C(=O)O)nc2ccc(F)cc21. The third-order valence-electron chi connectivity index (χ3n) is 2.94. The van der Waals surface area contributed by atoms with Crippen LogP contribution in [0.4, 0.5) is 4.39 Å². The van der Waals surface area contributed by atoms with Crippen molar-refractivity contribution in [1.82, 2.24) is 9.55 Å². The van der Waals surface area contributed by atoms with Gasteiger partial charge in [-0.15, -0.1) is 0 Å². The molecular weight excluding hydrogens is 223 g/mol. The molecule has 0 spiro atoms. The van der Waals surface area contributed by atoms with E-state index in [1.807, 2.05) is 0 Å². The minimum absolute atomic E-state index is 0.361. The molecule has 2 rings (SSSR count). The number of aromatic nitrogens is 2. The van der Waals surface area contributed by atoms with E-state index in [-0.39, 0.29) is 5.82 Å². The van der Waals surface area contributed by atoms with Crippen LogP contribution < -0.4 is 0 Å². The van der Waals surface area contributed by atoms with Crippen LogP contribution in [0.15, 0.2) is 18.2 Å². The van der Waals surface area contributed by atoms with Gasteiger partial charge in [0.15, 0.2) is 0 Å². The minimum atomic E-state index is -1.11. The summed E-state index contributed by atoms with van der Waals surface area (Å²) in [6, 6.07) is 4.21. The van der Waals surface area contributed by atoms with Crippen LogP contribution in [0, 0.1) is 5.82 Å². The van der Waals surface area contributed by atoms with Crippen LogP contribution in [0.25, 0.3) is 11.0 Å². The van der Waals surface area contributed by atoms with Gasteiger partial charge in [-0.1, -0.05) is 0 Å². The molecule has 0 atom stereocenters. The summed E-state index contributed by atoms with van der Waals surface area (Å²) in [5, 5.41) is 9.17. The van der Waals surface area contributed by atoms with E-state index in [1.54, 1.807) is 31.5 Å². The molecule has 0 saturated carbocycles. The Morgan fingerprint density at radius 3 is 2.71 bits per heavy atom. The van der Waals surface area contributed by atoms with E-state index in [1.165, 1.54) is 12.1 Å². The van der Waals surface area contributed by atoms with Crippen molar-refractivity contribution in [1.29, 1.82) is 0 Å². The first-order valence-electron chi connectivity index (χ1n) is 5.20. The second-order valence-corrected chi connectivity index (χ2v) is 4.56. The molecule has 0 aliphatic rings. The summed E-state index contributed by atoms with van der Waals surface area (Å²) in [5.74, 6) is -0.915. The van der Waals surface area contributed by atoms with Gasteiger partial charge in [-0.2, -0.15) is 0 Å². The number of carboxylic acids is 1. The van der Waals surface area contributed by atoms with Gasteiger partial charge >= 0.3 is 5.97 Å². The molecule has 0 unspecified atom stereocenters. The maximum absolute atomic E-state index is 13.1. The van der Waals surface area contributed by atoms with Gasteiger partial charge in [0.05, 0.1) is 11.0 Å². The fourth-order valence-electron chi connectivity index (χ4n) is 1.82. The molecule has 5 heteroatoms. The molecule has 0 fully saturated rings. The molecule has 0 amide bonds. The van der Waals surface area contributed by atoms with Crippen molar-refractivity contribution in [3.8, 4) is 0 Å². The first kappa shape index (κ1) is 11.6. The van der Waals surface area contributed by atoms with Gasteiger partial charge in [0.2, 0.25) is 0 Å². The summed E-state index contributed by atoms with van der Waals surface area (Å²) in [6.07, 6.45) is 0. The normalized spacial score (nSPS) is 12.0. The van der Waals surface area contributed by atoms with Crippen molar-refractivity contribution >= 4 is 17.0 Å². The lowest BCUT2D eigenvalue weighted by Crippen LogP contribution is -2.31.